The molecule has 0 aromatic heterocycles. The van der Waals surface area contributed by atoms with Crippen LogP contribution in [0.15, 0.2) is 72.8 Å². The molecular weight excluding hydrogens is 583 g/mol. The second-order valence-electron chi connectivity index (χ2n) is 11.1. The highest BCUT2D eigenvalue weighted by Gasteiger charge is 2.37. The van der Waals surface area contributed by atoms with E-state index in [-0.39, 0.29) is 49.3 Å². The van der Waals surface area contributed by atoms with Gasteiger partial charge in [0.2, 0.25) is 11.8 Å². The lowest BCUT2D eigenvalue weighted by molar-refractivity contribution is -0.129. The van der Waals surface area contributed by atoms with Gasteiger partial charge >= 0.3 is 0 Å². The van der Waals surface area contributed by atoms with Crippen LogP contribution in [0, 0.1) is 23.4 Å². The number of rotatable bonds is 14. The number of aliphatic hydroxyl groups excluding tert-OH is 1. The number of ether oxygens (including phenoxy) is 1. The van der Waals surface area contributed by atoms with E-state index in [0.717, 1.165) is 17.2 Å². The number of carbonyl (C=O) groups excluding carboxylic acids is 2. The third kappa shape index (κ3) is 11.0. The minimum absolute atomic E-state index is 0.0236. The topological polar surface area (TPSA) is 90.9 Å². The molecule has 1 aliphatic rings. The van der Waals surface area contributed by atoms with Gasteiger partial charge < -0.3 is 25.4 Å². The molecular formula is C35H44F3N3O4. The summed E-state index contributed by atoms with van der Waals surface area (Å²) in [5.74, 6) is -3.26. The van der Waals surface area contributed by atoms with Gasteiger partial charge in [-0.2, -0.15) is 0 Å². The van der Waals surface area contributed by atoms with Crippen LogP contribution >= 0.6 is 0 Å². The maximum Gasteiger partial charge on any atom is 0.225 e. The van der Waals surface area contributed by atoms with Gasteiger partial charge in [-0.3, -0.25) is 9.59 Å². The molecule has 1 heterocycles. The number of nitrogens with one attached hydrogen (secondary N) is 2. The fourth-order valence-corrected chi connectivity index (χ4v) is 5.40. The molecule has 7 nitrogen and oxygen atoms in total. The van der Waals surface area contributed by atoms with Crippen LogP contribution in [0.5, 0.6) is 0 Å². The normalized spacial score (nSPS) is 17.2. The van der Waals surface area contributed by atoms with Crippen molar-refractivity contribution in [2.24, 2.45) is 5.92 Å². The molecule has 1 saturated heterocycles. The Balaban J connectivity index is 0.00000271. The first-order chi connectivity index (χ1) is 21.6. The first-order valence-electron chi connectivity index (χ1n) is 15.4. The summed E-state index contributed by atoms with van der Waals surface area (Å²) >= 11 is 0. The number of aliphatic hydroxyl groups is 1. The average Bonchev–Trinajstić information content (AvgIpc) is 3.40. The highest BCUT2D eigenvalue weighted by atomic mass is 19.1. The number of likely N-dealkylation sites (N-methyl/N-ethyl adjacent to an activating group) is 1. The third-order valence-electron chi connectivity index (χ3n) is 7.74. The van der Waals surface area contributed by atoms with Crippen LogP contribution in [0.25, 0.3) is 0 Å². The van der Waals surface area contributed by atoms with Gasteiger partial charge in [-0.15, -0.1) is 0 Å². The summed E-state index contributed by atoms with van der Waals surface area (Å²) < 4.78 is 47.3. The van der Waals surface area contributed by atoms with Crippen LogP contribution < -0.4 is 10.6 Å². The first-order valence-corrected chi connectivity index (χ1v) is 15.4. The highest BCUT2D eigenvalue weighted by Crippen LogP contribution is 2.22. The van der Waals surface area contributed by atoms with Gasteiger partial charge in [0.05, 0.1) is 30.8 Å². The van der Waals surface area contributed by atoms with Crippen LogP contribution in [0.1, 0.15) is 50.3 Å². The summed E-state index contributed by atoms with van der Waals surface area (Å²) in [6, 6.07) is 17.1. The van der Waals surface area contributed by atoms with E-state index in [0.29, 0.717) is 13.0 Å². The summed E-state index contributed by atoms with van der Waals surface area (Å²) in [7, 11) is 1.68. The second-order valence-corrected chi connectivity index (χ2v) is 11.1. The zero-order chi connectivity index (χ0) is 32.9. The number of nitrogens with zero attached hydrogens (tertiary/aromatic N) is 1. The maximum atomic E-state index is 14.0. The Kier molecular flexibility index (Phi) is 14.0. The van der Waals surface area contributed by atoms with Crippen molar-refractivity contribution in [1.29, 1.82) is 0 Å². The Morgan fingerprint density at radius 2 is 1.58 bits per heavy atom. The summed E-state index contributed by atoms with van der Waals surface area (Å²) in [4.78, 5) is 27.7. The van der Waals surface area contributed by atoms with E-state index in [1.165, 1.54) is 29.2 Å². The molecule has 0 radical (unpaired) electrons. The summed E-state index contributed by atoms with van der Waals surface area (Å²) in [5, 5.41) is 17.4. The lowest BCUT2D eigenvalue weighted by Gasteiger charge is -2.32. The molecule has 5 unspecified atom stereocenters. The zero-order valence-corrected chi connectivity index (χ0v) is 26.3. The lowest BCUT2D eigenvalue weighted by atomic mass is 9.92. The molecule has 10 heteroatoms. The largest absolute Gasteiger partial charge is 0.389 e. The Labute approximate surface area is 263 Å². The standard InChI is InChI=1S/C33H38F3N3O4.C2H6/c1-21(43-20-23-6-4-3-5-7-23)12-29(37-2)32(41)30(15-24-13-27(35)17-28(36)14-24)38-33(42)25-16-31(40)39(19-25)18-22-8-10-26(34)11-9-22;1-2/h3-11,13-14,17,21,25,29-30,32,37,41H,12,15-16,18-20H2,1-2H3,(H,38,42);1-2H3. The van der Waals surface area contributed by atoms with Gasteiger partial charge in [-0.05, 0) is 67.8 Å². The second kappa shape index (κ2) is 17.7. The molecule has 4 rings (SSSR count). The molecule has 0 saturated carbocycles. The Hall–Kier alpha value is -3.73. The van der Waals surface area contributed by atoms with Crippen molar-refractivity contribution in [3.8, 4) is 0 Å². The SMILES string of the molecule is CC.CNC(CC(C)OCc1ccccc1)C(O)C(Cc1cc(F)cc(F)c1)NC(=O)C1CC(=O)N(Cc2ccc(F)cc2)C1. The average molecular weight is 628 g/mol. The predicted octanol–water partition coefficient (Wildman–Crippen LogP) is 5.15. The number of amides is 2. The summed E-state index contributed by atoms with van der Waals surface area (Å²) in [6.07, 6.45) is -1.09. The molecule has 3 N–H and O–H groups in total. The smallest absolute Gasteiger partial charge is 0.225 e. The third-order valence-corrected chi connectivity index (χ3v) is 7.74. The lowest BCUT2D eigenvalue weighted by Crippen LogP contribution is -2.55. The maximum absolute atomic E-state index is 14.0. The van der Waals surface area contributed by atoms with Crippen LogP contribution in [-0.2, 0) is 33.9 Å². The Morgan fingerprint density at radius 3 is 2.20 bits per heavy atom. The van der Waals surface area contributed by atoms with Crippen molar-refractivity contribution in [1.82, 2.24) is 15.5 Å². The van der Waals surface area contributed by atoms with Crippen LogP contribution in [0.3, 0.4) is 0 Å². The van der Waals surface area contributed by atoms with E-state index in [9.17, 15) is 27.9 Å². The number of hydrogen-bond acceptors (Lipinski definition) is 5. The fraction of sp³-hybridized carbons (Fsp3) is 0.429. The van der Waals surface area contributed by atoms with E-state index >= 15 is 0 Å². The van der Waals surface area contributed by atoms with Gasteiger partial charge in [0.15, 0.2) is 0 Å². The minimum atomic E-state index is -1.16. The van der Waals surface area contributed by atoms with Crippen molar-refractivity contribution in [2.75, 3.05) is 13.6 Å². The van der Waals surface area contributed by atoms with Crippen molar-refractivity contribution in [3.05, 3.63) is 107 Å². The molecule has 45 heavy (non-hydrogen) atoms. The summed E-state index contributed by atoms with van der Waals surface area (Å²) in [5.41, 5.74) is 2.01. The van der Waals surface area contributed by atoms with E-state index in [1.54, 1.807) is 19.2 Å². The zero-order valence-electron chi connectivity index (χ0n) is 26.3. The van der Waals surface area contributed by atoms with Crippen molar-refractivity contribution < 1.29 is 32.6 Å². The molecule has 1 aliphatic heterocycles. The number of benzene rings is 3. The molecule has 0 spiro atoms. The minimum Gasteiger partial charge on any atom is -0.389 e. The molecule has 2 amide bonds. The van der Waals surface area contributed by atoms with Crippen molar-refractivity contribution in [3.63, 3.8) is 0 Å². The summed E-state index contributed by atoms with van der Waals surface area (Å²) in [6.45, 7) is 6.66. The number of halogens is 3. The Morgan fingerprint density at radius 1 is 0.933 bits per heavy atom. The quantitative estimate of drug-likeness (QED) is 0.230. The van der Waals surface area contributed by atoms with Gasteiger partial charge in [0, 0.05) is 31.6 Å². The van der Waals surface area contributed by atoms with Crippen LogP contribution in [-0.4, -0.2) is 59.7 Å². The van der Waals surface area contributed by atoms with E-state index in [2.05, 4.69) is 10.6 Å². The van der Waals surface area contributed by atoms with E-state index < -0.39 is 41.6 Å². The molecule has 0 aliphatic carbocycles. The van der Waals surface area contributed by atoms with Crippen molar-refractivity contribution in [2.45, 2.75) is 77.5 Å². The van der Waals surface area contributed by atoms with Crippen LogP contribution in [0.2, 0.25) is 0 Å². The predicted molar refractivity (Wildman–Crippen MR) is 167 cm³/mol. The molecule has 244 valence electrons. The number of likely N-dealkylation sites (tertiary alicyclic amines) is 1. The van der Waals surface area contributed by atoms with Gasteiger partial charge in [-0.1, -0.05) is 56.3 Å². The van der Waals surface area contributed by atoms with Gasteiger partial charge in [0.1, 0.15) is 17.5 Å². The fourth-order valence-electron chi connectivity index (χ4n) is 5.40. The van der Waals surface area contributed by atoms with Gasteiger partial charge in [-0.25, -0.2) is 13.2 Å². The monoisotopic (exact) mass is 627 g/mol. The van der Waals surface area contributed by atoms with Crippen LogP contribution in [0.4, 0.5) is 13.2 Å². The highest BCUT2D eigenvalue weighted by molar-refractivity contribution is 5.89. The molecule has 0 bridgehead atoms. The van der Waals surface area contributed by atoms with E-state index in [1.807, 2.05) is 51.1 Å². The Bertz CT molecular complexity index is 1340. The van der Waals surface area contributed by atoms with E-state index in [4.69, 9.17) is 4.74 Å². The molecule has 3 aromatic rings. The number of carbonyl (C=O) groups is 2. The number of hydrogen-bond donors (Lipinski definition) is 3. The molecule has 3 aromatic carbocycles. The van der Waals surface area contributed by atoms with Crippen molar-refractivity contribution >= 4 is 11.8 Å². The molecule has 1 fully saturated rings. The first kappa shape index (κ1) is 35.7. The molecule has 5 atom stereocenters. The van der Waals surface area contributed by atoms with Gasteiger partial charge in [0.25, 0.3) is 0 Å².